The number of halogens is 3. The minimum atomic E-state index is -4.79. The second-order valence-corrected chi connectivity index (χ2v) is 3.66. The zero-order valence-corrected chi connectivity index (χ0v) is 9.52. The molecule has 1 heterocycles. The Balaban J connectivity index is 2.52. The van der Waals surface area contributed by atoms with Crippen molar-refractivity contribution < 1.29 is 22.7 Å². The molecule has 0 fully saturated rings. The highest BCUT2D eigenvalue weighted by Crippen LogP contribution is 2.33. The molecule has 1 aromatic heterocycles. The van der Waals surface area contributed by atoms with Crippen molar-refractivity contribution in [3.8, 4) is 16.9 Å². The molecule has 2 rings (SSSR count). The molecule has 0 saturated carbocycles. The largest absolute Gasteiger partial charge is 0.573 e. The monoisotopic (exact) mass is 267 g/mol. The van der Waals surface area contributed by atoms with Crippen molar-refractivity contribution in [1.82, 2.24) is 4.98 Å². The number of pyridine rings is 1. The molecule has 0 aliphatic heterocycles. The van der Waals surface area contributed by atoms with Crippen LogP contribution in [0.2, 0.25) is 0 Å². The first kappa shape index (κ1) is 13.1. The average Bonchev–Trinajstić information content (AvgIpc) is 2.38. The van der Waals surface area contributed by atoms with E-state index >= 15 is 0 Å². The van der Waals surface area contributed by atoms with E-state index in [0.717, 1.165) is 6.07 Å². The van der Waals surface area contributed by atoms with Gasteiger partial charge in [-0.1, -0.05) is 6.07 Å². The summed E-state index contributed by atoms with van der Waals surface area (Å²) in [6.45, 7) is 0. The van der Waals surface area contributed by atoms with E-state index in [2.05, 4.69) is 9.72 Å². The van der Waals surface area contributed by atoms with E-state index in [1.54, 1.807) is 12.1 Å². The number of carbonyl (C=O) groups is 1. The highest BCUT2D eigenvalue weighted by Gasteiger charge is 2.32. The van der Waals surface area contributed by atoms with Gasteiger partial charge in [0.1, 0.15) is 12.0 Å². The Morgan fingerprint density at radius 2 is 2.00 bits per heavy atom. The van der Waals surface area contributed by atoms with Crippen LogP contribution in [0.3, 0.4) is 0 Å². The summed E-state index contributed by atoms with van der Waals surface area (Å²) < 4.78 is 40.9. The maximum atomic E-state index is 12.3. The quantitative estimate of drug-likeness (QED) is 0.799. The Labute approximate surface area is 106 Å². The first-order valence-corrected chi connectivity index (χ1v) is 5.25. The molecule has 1 aromatic carbocycles. The summed E-state index contributed by atoms with van der Waals surface area (Å²) in [5.74, 6) is -0.369. The molecule has 0 unspecified atom stereocenters. The van der Waals surface area contributed by atoms with Gasteiger partial charge in [0.15, 0.2) is 0 Å². The molecular formula is C13H8F3NO2. The van der Waals surface area contributed by atoms with Crippen molar-refractivity contribution in [1.29, 1.82) is 0 Å². The number of ether oxygens (including phenoxy) is 1. The zero-order valence-electron chi connectivity index (χ0n) is 9.52. The lowest BCUT2D eigenvalue weighted by molar-refractivity contribution is -0.274. The van der Waals surface area contributed by atoms with E-state index in [-0.39, 0.29) is 16.9 Å². The van der Waals surface area contributed by atoms with Crippen LogP contribution in [0.25, 0.3) is 11.1 Å². The van der Waals surface area contributed by atoms with Crippen LogP contribution in [0, 0.1) is 0 Å². The number of hydrogen-bond donors (Lipinski definition) is 0. The number of aromatic nitrogens is 1. The summed E-state index contributed by atoms with van der Waals surface area (Å²) in [5, 5.41) is 0. The van der Waals surface area contributed by atoms with Crippen LogP contribution in [0.1, 0.15) is 10.4 Å². The lowest BCUT2D eigenvalue weighted by Crippen LogP contribution is -2.17. The molecule has 0 bridgehead atoms. The first-order valence-electron chi connectivity index (χ1n) is 5.25. The third-order valence-corrected chi connectivity index (χ3v) is 2.34. The number of nitrogens with zero attached hydrogens (tertiary/aromatic N) is 1. The lowest BCUT2D eigenvalue weighted by Gasteiger charge is -2.13. The molecule has 0 aliphatic rings. The molecular weight excluding hydrogens is 259 g/mol. The van der Waals surface area contributed by atoms with Gasteiger partial charge < -0.3 is 4.74 Å². The van der Waals surface area contributed by atoms with Crippen molar-refractivity contribution in [3.63, 3.8) is 0 Å². The third kappa shape index (κ3) is 3.31. The number of aldehydes is 1. The topological polar surface area (TPSA) is 39.2 Å². The number of benzene rings is 1. The Morgan fingerprint density at radius 1 is 1.21 bits per heavy atom. The van der Waals surface area contributed by atoms with Crippen LogP contribution < -0.4 is 4.74 Å². The lowest BCUT2D eigenvalue weighted by atomic mass is 10.0. The maximum absolute atomic E-state index is 12.3. The molecule has 98 valence electrons. The molecule has 0 spiro atoms. The van der Waals surface area contributed by atoms with Crippen LogP contribution in [0.15, 0.2) is 42.7 Å². The van der Waals surface area contributed by atoms with Crippen LogP contribution in [0.5, 0.6) is 5.75 Å². The molecule has 2 aromatic rings. The molecule has 0 radical (unpaired) electrons. The Hall–Kier alpha value is -2.37. The predicted molar refractivity (Wildman–Crippen MR) is 61.7 cm³/mol. The van der Waals surface area contributed by atoms with E-state index in [1.165, 1.54) is 24.5 Å². The van der Waals surface area contributed by atoms with Gasteiger partial charge in [-0.25, -0.2) is 0 Å². The number of carbonyl (C=O) groups excluding carboxylic acids is 1. The number of alkyl halides is 3. The van der Waals surface area contributed by atoms with E-state index in [1.807, 2.05) is 0 Å². The molecule has 0 N–H and O–H groups in total. The van der Waals surface area contributed by atoms with E-state index in [0.29, 0.717) is 11.8 Å². The van der Waals surface area contributed by atoms with Gasteiger partial charge in [0.25, 0.3) is 0 Å². The molecule has 0 aliphatic carbocycles. The fourth-order valence-electron chi connectivity index (χ4n) is 1.58. The summed E-state index contributed by atoms with van der Waals surface area (Å²) >= 11 is 0. The summed E-state index contributed by atoms with van der Waals surface area (Å²) in [4.78, 5) is 14.5. The summed E-state index contributed by atoms with van der Waals surface area (Å²) in [6, 6.07) is 6.86. The molecule has 3 nitrogen and oxygen atoms in total. The standard InChI is InChI=1S/C13H8F3NO2/c14-13(15,16)19-12-4-3-9(8-18)6-11(12)10-2-1-5-17-7-10/h1-8H. The normalized spacial score (nSPS) is 11.1. The molecule has 0 saturated heterocycles. The molecule has 6 heteroatoms. The summed E-state index contributed by atoms with van der Waals surface area (Å²) in [7, 11) is 0. The second-order valence-electron chi connectivity index (χ2n) is 3.66. The van der Waals surface area contributed by atoms with Gasteiger partial charge in [0.05, 0.1) is 0 Å². The van der Waals surface area contributed by atoms with Crippen molar-refractivity contribution in [2.24, 2.45) is 0 Å². The first-order chi connectivity index (χ1) is 8.99. The van der Waals surface area contributed by atoms with Gasteiger partial charge in [-0.05, 0) is 24.3 Å². The minimum Gasteiger partial charge on any atom is -0.405 e. The fourth-order valence-corrected chi connectivity index (χ4v) is 1.58. The predicted octanol–water partition coefficient (Wildman–Crippen LogP) is 3.46. The van der Waals surface area contributed by atoms with Gasteiger partial charge in [0, 0.05) is 29.1 Å². The molecule has 19 heavy (non-hydrogen) atoms. The zero-order chi connectivity index (χ0) is 13.9. The highest BCUT2D eigenvalue weighted by molar-refractivity contribution is 5.81. The average molecular weight is 267 g/mol. The van der Waals surface area contributed by atoms with Crippen molar-refractivity contribution in [2.45, 2.75) is 6.36 Å². The van der Waals surface area contributed by atoms with Gasteiger partial charge in [-0.3, -0.25) is 9.78 Å². The number of rotatable bonds is 3. The van der Waals surface area contributed by atoms with Gasteiger partial charge in [-0.2, -0.15) is 0 Å². The maximum Gasteiger partial charge on any atom is 0.573 e. The summed E-state index contributed by atoms with van der Waals surface area (Å²) in [5.41, 5.74) is 0.855. The van der Waals surface area contributed by atoms with Crippen LogP contribution in [0.4, 0.5) is 13.2 Å². The Bertz CT molecular complexity index is 582. The second kappa shape index (κ2) is 5.09. The van der Waals surface area contributed by atoms with Crippen LogP contribution >= 0.6 is 0 Å². The number of hydrogen-bond acceptors (Lipinski definition) is 3. The minimum absolute atomic E-state index is 0.162. The van der Waals surface area contributed by atoms with Gasteiger partial charge in [-0.15, -0.1) is 13.2 Å². The van der Waals surface area contributed by atoms with Crippen molar-refractivity contribution >= 4 is 6.29 Å². The third-order valence-electron chi connectivity index (χ3n) is 2.34. The van der Waals surface area contributed by atoms with Crippen LogP contribution in [-0.2, 0) is 0 Å². The molecule has 0 atom stereocenters. The fraction of sp³-hybridized carbons (Fsp3) is 0.0769. The van der Waals surface area contributed by atoms with Crippen molar-refractivity contribution in [2.75, 3.05) is 0 Å². The van der Waals surface area contributed by atoms with Gasteiger partial charge in [0.2, 0.25) is 0 Å². The highest BCUT2D eigenvalue weighted by atomic mass is 19.4. The van der Waals surface area contributed by atoms with Crippen molar-refractivity contribution in [3.05, 3.63) is 48.3 Å². The molecule has 0 amide bonds. The van der Waals surface area contributed by atoms with Gasteiger partial charge >= 0.3 is 6.36 Å². The smallest absolute Gasteiger partial charge is 0.405 e. The van der Waals surface area contributed by atoms with E-state index in [9.17, 15) is 18.0 Å². The Kier molecular flexibility index (Phi) is 3.50. The van der Waals surface area contributed by atoms with E-state index in [4.69, 9.17) is 0 Å². The Morgan fingerprint density at radius 3 is 2.58 bits per heavy atom. The van der Waals surface area contributed by atoms with E-state index < -0.39 is 6.36 Å². The SMILES string of the molecule is O=Cc1ccc(OC(F)(F)F)c(-c2cccnc2)c1. The van der Waals surface area contributed by atoms with Crippen LogP contribution in [-0.4, -0.2) is 17.6 Å². The summed E-state index contributed by atoms with van der Waals surface area (Å²) in [6.07, 6.45) is -1.35.